The Kier molecular flexibility index (Phi) is 2.84. The Balaban J connectivity index is 1.73. The number of benzene rings is 1. The first-order valence-corrected chi connectivity index (χ1v) is 7.82. The molecule has 1 aliphatic carbocycles. The molecule has 2 aliphatic heterocycles. The van der Waals surface area contributed by atoms with Crippen molar-refractivity contribution >= 4 is 5.91 Å². The number of nitrogens with zero attached hydrogens (tertiary/aromatic N) is 1. The van der Waals surface area contributed by atoms with Gasteiger partial charge in [-0.2, -0.15) is 0 Å². The number of hydrogen-bond acceptors (Lipinski definition) is 2. The summed E-state index contributed by atoms with van der Waals surface area (Å²) in [5, 5.41) is 0. The normalized spacial score (nSPS) is 36.6. The maximum Gasteiger partial charge on any atom is 0.225 e. The number of rotatable bonds is 1. The number of carbonyl (C=O) groups excluding carboxylic acids is 1. The molecule has 3 atom stereocenters. The van der Waals surface area contributed by atoms with Crippen molar-refractivity contribution in [2.24, 2.45) is 5.92 Å². The van der Waals surface area contributed by atoms with Gasteiger partial charge in [0.2, 0.25) is 5.91 Å². The van der Waals surface area contributed by atoms with Gasteiger partial charge in [-0.1, -0.05) is 36.8 Å². The maximum absolute atomic E-state index is 12.6. The smallest absolute Gasteiger partial charge is 0.225 e. The van der Waals surface area contributed by atoms with Crippen LogP contribution in [0.25, 0.3) is 0 Å². The van der Waals surface area contributed by atoms with Crippen LogP contribution in [0.3, 0.4) is 0 Å². The molecule has 4 rings (SSSR count). The van der Waals surface area contributed by atoms with Crippen LogP contribution in [0.15, 0.2) is 30.3 Å². The average Bonchev–Trinajstić information content (AvgIpc) is 2.88. The van der Waals surface area contributed by atoms with Gasteiger partial charge in [0.15, 0.2) is 0 Å². The Hall–Kier alpha value is -1.35. The van der Waals surface area contributed by atoms with Gasteiger partial charge in [0, 0.05) is 12.3 Å². The first-order chi connectivity index (χ1) is 9.81. The summed E-state index contributed by atoms with van der Waals surface area (Å²) in [5.74, 6) is 0.831. The lowest BCUT2D eigenvalue weighted by Crippen LogP contribution is -2.58. The van der Waals surface area contributed by atoms with Crippen molar-refractivity contribution in [1.82, 2.24) is 4.90 Å². The van der Waals surface area contributed by atoms with Gasteiger partial charge in [-0.15, -0.1) is 0 Å². The lowest BCUT2D eigenvalue weighted by atomic mass is 9.74. The van der Waals surface area contributed by atoms with Crippen LogP contribution >= 0.6 is 0 Å². The van der Waals surface area contributed by atoms with Crippen LogP contribution in [0.2, 0.25) is 0 Å². The van der Waals surface area contributed by atoms with Crippen molar-refractivity contribution < 1.29 is 9.53 Å². The molecule has 0 bridgehead atoms. The third-order valence-corrected chi connectivity index (χ3v) is 5.35. The highest BCUT2D eigenvalue weighted by atomic mass is 16.5. The number of ether oxygens (including phenoxy) is 1. The minimum absolute atomic E-state index is 0.115. The maximum atomic E-state index is 12.6. The third-order valence-electron chi connectivity index (χ3n) is 5.35. The molecule has 2 heterocycles. The molecule has 3 fully saturated rings. The Morgan fingerprint density at radius 2 is 2.00 bits per heavy atom. The summed E-state index contributed by atoms with van der Waals surface area (Å²) >= 11 is 0. The number of piperidine rings is 1. The Morgan fingerprint density at radius 1 is 1.15 bits per heavy atom. The van der Waals surface area contributed by atoms with Gasteiger partial charge >= 0.3 is 0 Å². The number of hydrogen-bond donors (Lipinski definition) is 0. The van der Waals surface area contributed by atoms with E-state index in [0.717, 1.165) is 12.8 Å². The summed E-state index contributed by atoms with van der Waals surface area (Å²) < 4.78 is 6.29. The van der Waals surface area contributed by atoms with E-state index in [2.05, 4.69) is 17.0 Å². The van der Waals surface area contributed by atoms with Crippen LogP contribution in [0, 0.1) is 5.92 Å². The van der Waals surface area contributed by atoms with Crippen molar-refractivity contribution in [1.29, 1.82) is 0 Å². The number of amides is 1. The van der Waals surface area contributed by atoms with Gasteiger partial charge in [-0.3, -0.25) is 4.79 Å². The van der Waals surface area contributed by atoms with Crippen molar-refractivity contribution in [2.75, 3.05) is 6.61 Å². The molecule has 3 aliphatic rings. The molecule has 3 nitrogen and oxygen atoms in total. The molecule has 1 spiro atoms. The van der Waals surface area contributed by atoms with Gasteiger partial charge in [-0.05, 0) is 31.2 Å². The SMILES string of the molecule is O=C1CC[C@H]2CCCC[C@]23OC[C@@H](c2ccccc2)N13. The van der Waals surface area contributed by atoms with Crippen LogP contribution in [0.1, 0.15) is 50.1 Å². The summed E-state index contributed by atoms with van der Waals surface area (Å²) in [5.41, 5.74) is 0.928. The van der Waals surface area contributed by atoms with Gasteiger partial charge in [0.05, 0.1) is 12.6 Å². The minimum atomic E-state index is -0.284. The van der Waals surface area contributed by atoms with Crippen LogP contribution in [-0.2, 0) is 9.53 Å². The lowest BCUT2D eigenvalue weighted by Gasteiger charge is -2.50. The molecule has 0 radical (unpaired) electrons. The zero-order valence-corrected chi connectivity index (χ0v) is 11.8. The van der Waals surface area contributed by atoms with Crippen LogP contribution < -0.4 is 0 Å². The standard InChI is InChI=1S/C17H21NO2/c19-16-10-9-14-8-4-5-11-17(14)18(16)15(12-20-17)13-6-2-1-3-7-13/h1-3,6-7,14-15H,4-5,8-12H2/t14-,15+,17+/m1/s1. The second-order valence-electron chi connectivity index (χ2n) is 6.33. The summed E-state index contributed by atoms with van der Waals surface area (Å²) in [6.07, 6.45) is 6.41. The van der Waals surface area contributed by atoms with E-state index in [9.17, 15) is 4.79 Å². The van der Waals surface area contributed by atoms with Crippen molar-refractivity contribution in [2.45, 2.75) is 50.3 Å². The largest absolute Gasteiger partial charge is 0.353 e. The summed E-state index contributed by atoms with van der Waals surface area (Å²) in [6.45, 7) is 0.659. The molecular weight excluding hydrogens is 250 g/mol. The zero-order valence-electron chi connectivity index (χ0n) is 11.8. The quantitative estimate of drug-likeness (QED) is 0.784. The molecule has 3 heteroatoms. The van der Waals surface area contributed by atoms with Gasteiger partial charge in [0.25, 0.3) is 0 Å². The predicted octanol–water partition coefficient (Wildman–Crippen LogP) is 3.27. The molecule has 1 saturated carbocycles. The van der Waals surface area contributed by atoms with Gasteiger partial charge in [0.1, 0.15) is 5.72 Å². The Bertz CT molecular complexity index is 515. The van der Waals surface area contributed by atoms with Gasteiger partial charge < -0.3 is 9.64 Å². The summed E-state index contributed by atoms with van der Waals surface area (Å²) in [7, 11) is 0. The van der Waals surface area contributed by atoms with E-state index >= 15 is 0 Å². The zero-order chi connectivity index (χ0) is 13.6. The van der Waals surface area contributed by atoms with Crippen LogP contribution in [-0.4, -0.2) is 23.1 Å². The van der Waals surface area contributed by atoms with E-state index < -0.39 is 0 Å². The molecule has 0 aromatic heterocycles. The van der Waals surface area contributed by atoms with E-state index in [1.165, 1.54) is 24.8 Å². The van der Waals surface area contributed by atoms with E-state index in [-0.39, 0.29) is 17.7 Å². The topological polar surface area (TPSA) is 29.5 Å². The van der Waals surface area contributed by atoms with Crippen LogP contribution in [0.4, 0.5) is 0 Å². The molecule has 1 aromatic carbocycles. The summed E-state index contributed by atoms with van der Waals surface area (Å²) in [6, 6.07) is 10.5. The second-order valence-corrected chi connectivity index (χ2v) is 6.33. The van der Waals surface area contributed by atoms with Gasteiger partial charge in [-0.25, -0.2) is 0 Å². The first-order valence-electron chi connectivity index (χ1n) is 7.82. The van der Waals surface area contributed by atoms with E-state index in [4.69, 9.17) is 4.74 Å². The molecule has 2 saturated heterocycles. The molecular formula is C17H21NO2. The molecule has 0 unspecified atom stereocenters. The van der Waals surface area contributed by atoms with E-state index in [1.807, 2.05) is 18.2 Å². The van der Waals surface area contributed by atoms with Crippen molar-refractivity contribution in [3.63, 3.8) is 0 Å². The van der Waals surface area contributed by atoms with E-state index in [0.29, 0.717) is 18.9 Å². The highest BCUT2D eigenvalue weighted by Gasteiger charge is 2.57. The first kappa shape index (κ1) is 12.4. The number of carbonyl (C=O) groups is 1. The fraction of sp³-hybridized carbons (Fsp3) is 0.588. The molecule has 20 heavy (non-hydrogen) atoms. The second kappa shape index (κ2) is 4.59. The molecule has 106 valence electrons. The molecule has 1 amide bonds. The van der Waals surface area contributed by atoms with E-state index in [1.54, 1.807) is 0 Å². The predicted molar refractivity (Wildman–Crippen MR) is 75.9 cm³/mol. The summed E-state index contributed by atoms with van der Waals surface area (Å²) in [4.78, 5) is 14.7. The highest BCUT2D eigenvalue weighted by Crippen LogP contribution is 2.52. The third kappa shape index (κ3) is 1.65. The molecule has 1 aromatic rings. The lowest BCUT2D eigenvalue weighted by molar-refractivity contribution is -0.185. The Labute approximate surface area is 119 Å². The molecule has 0 N–H and O–H groups in total. The average molecular weight is 271 g/mol. The van der Waals surface area contributed by atoms with Crippen molar-refractivity contribution in [3.05, 3.63) is 35.9 Å². The van der Waals surface area contributed by atoms with Crippen molar-refractivity contribution in [3.8, 4) is 0 Å². The monoisotopic (exact) mass is 271 g/mol. The Morgan fingerprint density at radius 3 is 2.85 bits per heavy atom. The minimum Gasteiger partial charge on any atom is -0.353 e. The fourth-order valence-corrected chi connectivity index (χ4v) is 4.43. The highest BCUT2D eigenvalue weighted by molar-refractivity contribution is 5.79. The fourth-order valence-electron chi connectivity index (χ4n) is 4.43. The van der Waals surface area contributed by atoms with Crippen LogP contribution in [0.5, 0.6) is 0 Å².